The molecule has 1 aromatic heterocycles. The highest BCUT2D eigenvalue weighted by atomic mass is 19.4. The van der Waals surface area contributed by atoms with Crippen molar-refractivity contribution in [1.82, 2.24) is 9.88 Å². The number of benzene rings is 1. The number of primary amides is 1. The number of carbonyl (C=O) groups is 2. The summed E-state index contributed by atoms with van der Waals surface area (Å²) in [6.45, 7) is 0.710. The fourth-order valence-electron chi connectivity index (χ4n) is 2.63. The summed E-state index contributed by atoms with van der Waals surface area (Å²) < 4.78 is 43.3. The summed E-state index contributed by atoms with van der Waals surface area (Å²) in [6.07, 6.45) is -3.20. The number of aromatic nitrogens is 1. The van der Waals surface area contributed by atoms with Gasteiger partial charge in [0.15, 0.2) is 0 Å². The molecular formula is C18H16F3N3O3. The van der Waals surface area contributed by atoms with E-state index < -0.39 is 17.6 Å². The maximum atomic E-state index is 12.5. The molecule has 1 aliphatic heterocycles. The molecule has 2 aromatic rings. The minimum Gasteiger partial charge on any atom is -0.487 e. The summed E-state index contributed by atoms with van der Waals surface area (Å²) in [5, 5.41) is 0. The Bertz CT molecular complexity index is 847. The molecule has 0 atom stereocenters. The van der Waals surface area contributed by atoms with Gasteiger partial charge in [-0.2, -0.15) is 13.2 Å². The Kier molecular flexibility index (Phi) is 5.02. The molecular weight excluding hydrogens is 363 g/mol. The minimum atomic E-state index is -4.40. The maximum Gasteiger partial charge on any atom is 0.416 e. The number of alkyl halides is 3. The fourth-order valence-corrected chi connectivity index (χ4v) is 2.63. The molecule has 1 fully saturated rings. The van der Waals surface area contributed by atoms with Crippen LogP contribution in [0.25, 0.3) is 0 Å². The van der Waals surface area contributed by atoms with Crippen LogP contribution in [0.5, 0.6) is 5.75 Å². The van der Waals surface area contributed by atoms with Crippen LogP contribution in [0.1, 0.15) is 21.6 Å². The second-order valence-electron chi connectivity index (χ2n) is 6.15. The molecule has 0 saturated carbocycles. The number of likely N-dealkylation sites (tertiary alicyclic amines) is 1. The standard InChI is InChI=1S/C18H16F3N3O3/c19-18(20,21)12-3-1-11(2-4-12)7-16(25)24-9-14(10-24)27-13-5-6-23-15(8-13)17(22)26/h1-6,8,14H,7,9-10H2,(H2,22,26). The number of nitrogens with zero attached hydrogens (tertiary/aromatic N) is 2. The Morgan fingerprint density at radius 3 is 2.44 bits per heavy atom. The molecule has 1 aromatic carbocycles. The summed E-state index contributed by atoms with van der Waals surface area (Å²) >= 11 is 0. The third-order valence-corrected chi connectivity index (χ3v) is 4.12. The van der Waals surface area contributed by atoms with Gasteiger partial charge < -0.3 is 15.4 Å². The molecule has 27 heavy (non-hydrogen) atoms. The Morgan fingerprint density at radius 1 is 1.19 bits per heavy atom. The van der Waals surface area contributed by atoms with Crippen LogP contribution in [0.2, 0.25) is 0 Å². The van der Waals surface area contributed by atoms with Crippen molar-refractivity contribution in [2.75, 3.05) is 13.1 Å². The highest BCUT2D eigenvalue weighted by Crippen LogP contribution is 2.29. The molecule has 2 heterocycles. The summed E-state index contributed by atoms with van der Waals surface area (Å²) in [5.74, 6) is -0.428. The lowest BCUT2D eigenvalue weighted by molar-refractivity contribution is -0.139. The fraction of sp³-hybridized carbons (Fsp3) is 0.278. The van der Waals surface area contributed by atoms with E-state index in [0.29, 0.717) is 24.4 Å². The van der Waals surface area contributed by atoms with Crippen molar-refractivity contribution in [1.29, 1.82) is 0 Å². The van der Waals surface area contributed by atoms with Gasteiger partial charge in [-0.1, -0.05) is 12.1 Å². The maximum absolute atomic E-state index is 12.5. The van der Waals surface area contributed by atoms with Crippen molar-refractivity contribution in [2.24, 2.45) is 5.73 Å². The molecule has 0 radical (unpaired) electrons. The number of pyridine rings is 1. The average molecular weight is 379 g/mol. The quantitative estimate of drug-likeness (QED) is 0.862. The monoisotopic (exact) mass is 379 g/mol. The Labute approximate surface area is 152 Å². The van der Waals surface area contributed by atoms with Crippen molar-refractivity contribution in [3.8, 4) is 5.75 Å². The third-order valence-electron chi connectivity index (χ3n) is 4.12. The van der Waals surface area contributed by atoms with Gasteiger partial charge in [0.1, 0.15) is 17.5 Å². The minimum absolute atomic E-state index is 0.0198. The van der Waals surface area contributed by atoms with Gasteiger partial charge in [-0.3, -0.25) is 14.6 Å². The van der Waals surface area contributed by atoms with Crippen molar-refractivity contribution < 1.29 is 27.5 Å². The summed E-state index contributed by atoms with van der Waals surface area (Å²) in [4.78, 5) is 28.7. The Morgan fingerprint density at radius 2 is 1.85 bits per heavy atom. The number of ether oxygens (including phenoxy) is 1. The summed E-state index contributed by atoms with van der Waals surface area (Å²) in [7, 11) is 0. The molecule has 2 N–H and O–H groups in total. The number of rotatable bonds is 5. The second kappa shape index (κ2) is 7.26. The van der Waals surface area contributed by atoms with E-state index in [1.54, 1.807) is 11.0 Å². The van der Waals surface area contributed by atoms with Gasteiger partial charge in [0.25, 0.3) is 5.91 Å². The lowest BCUT2D eigenvalue weighted by Gasteiger charge is -2.39. The lowest BCUT2D eigenvalue weighted by atomic mass is 10.1. The molecule has 3 rings (SSSR count). The van der Waals surface area contributed by atoms with E-state index in [-0.39, 0.29) is 24.1 Å². The van der Waals surface area contributed by atoms with Crippen LogP contribution in [0.15, 0.2) is 42.6 Å². The normalized spacial score (nSPS) is 14.6. The Balaban J connectivity index is 1.50. The van der Waals surface area contributed by atoms with E-state index in [1.165, 1.54) is 24.4 Å². The smallest absolute Gasteiger partial charge is 0.416 e. The number of nitrogens with two attached hydrogens (primary N) is 1. The average Bonchev–Trinajstić information content (AvgIpc) is 2.57. The van der Waals surface area contributed by atoms with E-state index in [1.807, 2.05) is 0 Å². The van der Waals surface area contributed by atoms with Crippen LogP contribution in [0, 0.1) is 0 Å². The zero-order valence-electron chi connectivity index (χ0n) is 14.1. The predicted octanol–water partition coefficient (Wildman–Crippen LogP) is 2.03. The van der Waals surface area contributed by atoms with E-state index in [4.69, 9.17) is 10.5 Å². The largest absolute Gasteiger partial charge is 0.487 e. The van der Waals surface area contributed by atoms with Crippen LogP contribution in [-0.4, -0.2) is 40.9 Å². The molecule has 6 nitrogen and oxygen atoms in total. The summed E-state index contributed by atoms with van der Waals surface area (Å²) in [6, 6.07) is 7.54. The van der Waals surface area contributed by atoms with Gasteiger partial charge in [-0.15, -0.1) is 0 Å². The number of hydrogen-bond acceptors (Lipinski definition) is 4. The number of carbonyl (C=O) groups excluding carboxylic acids is 2. The van der Waals surface area contributed by atoms with Crippen molar-refractivity contribution in [3.63, 3.8) is 0 Å². The van der Waals surface area contributed by atoms with E-state index in [0.717, 1.165) is 12.1 Å². The first-order chi connectivity index (χ1) is 12.7. The SMILES string of the molecule is NC(=O)c1cc(OC2CN(C(=O)Cc3ccc(C(F)(F)F)cc3)C2)ccn1. The molecule has 1 aliphatic rings. The van der Waals surface area contributed by atoms with Crippen molar-refractivity contribution in [3.05, 3.63) is 59.4 Å². The lowest BCUT2D eigenvalue weighted by Crippen LogP contribution is -2.56. The van der Waals surface area contributed by atoms with Gasteiger partial charge in [0.2, 0.25) is 5.91 Å². The number of hydrogen-bond donors (Lipinski definition) is 1. The van der Waals surface area contributed by atoms with Crippen LogP contribution < -0.4 is 10.5 Å². The van der Waals surface area contributed by atoms with Crippen LogP contribution in [0.4, 0.5) is 13.2 Å². The zero-order chi connectivity index (χ0) is 19.6. The van der Waals surface area contributed by atoms with Crippen molar-refractivity contribution in [2.45, 2.75) is 18.7 Å². The van der Waals surface area contributed by atoms with Crippen molar-refractivity contribution >= 4 is 11.8 Å². The van der Waals surface area contributed by atoms with Crippen LogP contribution in [0.3, 0.4) is 0 Å². The molecule has 0 spiro atoms. The third kappa shape index (κ3) is 4.55. The highest BCUT2D eigenvalue weighted by molar-refractivity contribution is 5.91. The van der Waals surface area contributed by atoms with Gasteiger partial charge >= 0.3 is 6.18 Å². The molecule has 9 heteroatoms. The summed E-state index contributed by atoms with van der Waals surface area (Å²) in [5.41, 5.74) is 5.01. The molecule has 1 saturated heterocycles. The van der Waals surface area contributed by atoms with E-state index >= 15 is 0 Å². The number of amides is 2. The number of halogens is 3. The first-order valence-electron chi connectivity index (χ1n) is 8.09. The second-order valence-corrected chi connectivity index (χ2v) is 6.15. The van der Waals surface area contributed by atoms with Gasteiger partial charge in [-0.05, 0) is 23.8 Å². The molecule has 0 bridgehead atoms. The highest BCUT2D eigenvalue weighted by Gasteiger charge is 2.33. The van der Waals surface area contributed by atoms with E-state index in [2.05, 4.69) is 4.98 Å². The zero-order valence-corrected chi connectivity index (χ0v) is 14.1. The van der Waals surface area contributed by atoms with E-state index in [9.17, 15) is 22.8 Å². The topological polar surface area (TPSA) is 85.5 Å². The van der Waals surface area contributed by atoms with Crippen LogP contribution >= 0.6 is 0 Å². The first-order valence-corrected chi connectivity index (χ1v) is 8.09. The van der Waals surface area contributed by atoms with Gasteiger partial charge in [0.05, 0.1) is 25.1 Å². The first kappa shape index (κ1) is 18.7. The molecule has 0 unspecified atom stereocenters. The predicted molar refractivity (Wildman–Crippen MR) is 88.9 cm³/mol. The van der Waals surface area contributed by atoms with Crippen LogP contribution in [-0.2, 0) is 17.4 Å². The molecule has 142 valence electrons. The van der Waals surface area contributed by atoms with Gasteiger partial charge in [0, 0.05) is 12.3 Å². The molecule has 0 aliphatic carbocycles. The van der Waals surface area contributed by atoms with Gasteiger partial charge in [-0.25, -0.2) is 0 Å². The molecule has 2 amide bonds. The Hall–Kier alpha value is -3.10.